The van der Waals surface area contributed by atoms with Gasteiger partial charge in [0.15, 0.2) is 0 Å². The molecule has 0 atom stereocenters. The highest BCUT2D eigenvalue weighted by Gasteiger charge is 2.23. The molecule has 0 aliphatic rings. The maximum Gasteiger partial charge on any atom is 0.240 e. The van der Waals surface area contributed by atoms with E-state index in [1.54, 1.807) is 19.1 Å². The third-order valence-corrected chi connectivity index (χ3v) is 5.50. The fourth-order valence-corrected chi connectivity index (χ4v) is 4.05. The van der Waals surface area contributed by atoms with Crippen molar-refractivity contribution >= 4 is 32.8 Å². The second kappa shape index (κ2) is 5.90. The molecule has 2 aromatic rings. The van der Waals surface area contributed by atoms with Crippen molar-refractivity contribution in [2.45, 2.75) is 25.1 Å². The highest BCUT2D eigenvalue weighted by atomic mass is 32.2. The normalized spacial score (nSPS) is 11.4. The van der Waals surface area contributed by atoms with Crippen LogP contribution in [0.2, 0.25) is 0 Å². The van der Waals surface area contributed by atoms with Gasteiger partial charge in [-0.3, -0.25) is 4.79 Å². The van der Waals surface area contributed by atoms with Crippen molar-refractivity contribution in [3.05, 3.63) is 34.3 Å². The van der Waals surface area contributed by atoms with E-state index in [9.17, 15) is 13.2 Å². The van der Waals surface area contributed by atoms with Crippen LogP contribution in [0.4, 0.5) is 5.69 Å². The number of hydrogen-bond acceptors (Lipinski definition) is 6. The van der Waals surface area contributed by atoms with Crippen LogP contribution in [0.15, 0.2) is 22.5 Å². The average Bonchev–Trinajstić information content (AvgIpc) is 2.74. The van der Waals surface area contributed by atoms with Crippen LogP contribution in [0.1, 0.15) is 16.1 Å². The Kier molecular flexibility index (Phi) is 4.38. The number of benzene rings is 1. The summed E-state index contributed by atoms with van der Waals surface area (Å²) in [5.41, 5.74) is 2.57. The van der Waals surface area contributed by atoms with E-state index in [0.29, 0.717) is 10.7 Å². The van der Waals surface area contributed by atoms with Crippen LogP contribution in [0.5, 0.6) is 0 Å². The van der Waals surface area contributed by atoms with Gasteiger partial charge in [0, 0.05) is 5.69 Å². The van der Waals surface area contributed by atoms with Crippen LogP contribution in [-0.4, -0.2) is 30.3 Å². The molecule has 1 heterocycles. The van der Waals surface area contributed by atoms with Gasteiger partial charge in [0.1, 0.15) is 10.8 Å². The quantitative estimate of drug-likeness (QED) is 0.927. The van der Waals surface area contributed by atoms with Gasteiger partial charge in [0.2, 0.25) is 20.1 Å². The molecule has 2 rings (SSSR count). The minimum atomic E-state index is -3.75. The minimum Gasteiger partial charge on any atom is -0.325 e. The lowest BCUT2D eigenvalue weighted by atomic mass is 10.1. The number of sulfone groups is 1. The maximum atomic E-state index is 12.0. The lowest BCUT2D eigenvalue weighted by Gasteiger charge is -2.07. The third kappa shape index (κ3) is 4.08. The molecule has 0 aliphatic heterocycles. The number of aryl methyl sites for hydroxylation is 3. The van der Waals surface area contributed by atoms with E-state index < -0.39 is 21.5 Å². The second-order valence-electron chi connectivity index (χ2n) is 4.77. The summed E-state index contributed by atoms with van der Waals surface area (Å²) >= 11 is 0.958. The van der Waals surface area contributed by atoms with E-state index in [1.807, 2.05) is 19.9 Å². The first-order valence-corrected chi connectivity index (χ1v) is 8.64. The van der Waals surface area contributed by atoms with Gasteiger partial charge in [-0.05, 0) is 44.0 Å². The van der Waals surface area contributed by atoms with Crippen molar-refractivity contribution in [3.63, 3.8) is 0 Å². The number of carbonyl (C=O) groups is 1. The van der Waals surface area contributed by atoms with Gasteiger partial charge in [-0.25, -0.2) is 8.42 Å². The molecule has 1 amide bonds. The van der Waals surface area contributed by atoms with Gasteiger partial charge in [-0.1, -0.05) is 17.4 Å². The first kappa shape index (κ1) is 15.6. The zero-order valence-corrected chi connectivity index (χ0v) is 13.5. The third-order valence-electron chi connectivity index (χ3n) is 2.60. The lowest BCUT2D eigenvalue weighted by molar-refractivity contribution is -0.113. The van der Waals surface area contributed by atoms with Crippen molar-refractivity contribution in [1.82, 2.24) is 10.2 Å². The monoisotopic (exact) mass is 325 g/mol. The van der Waals surface area contributed by atoms with Gasteiger partial charge in [0.25, 0.3) is 0 Å². The van der Waals surface area contributed by atoms with E-state index in [0.717, 1.165) is 22.5 Å². The van der Waals surface area contributed by atoms with Crippen molar-refractivity contribution in [1.29, 1.82) is 0 Å². The molecule has 1 aromatic carbocycles. The molecule has 1 aromatic heterocycles. The summed E-state index contributed by atoms with van der Waals surface area (Å²) in [7, 11) is -3.75. The summed E-state index contributed by atoms with van der Waals surface area (Å²) in [6.07, 6.45) is 0. The SMILES string of the molecule is Cc1cc(C)cc(NC(=O)CS(=O)(=O)c2nnc(C)s2)c1. The summed E-state index contributed by atoms with van der Waals surface area (Å²) in [6.45, 7) is 5.47. The molecular formula is C13H15N3O3S2. The van der Waals surface area contributed by atoms with E-state index in [2.05, 4.69) is 15.5 Å². The number of rotatable bonds is 4. The number of amides is 1. The zero-order chi connectivity index (χ0) is 15.6. The molecular weight excluding hydrogens is 310 g/mol. The van der Waals surface area contributed by atoms with Crippen LogP contribution in [0, 0.1) is 20.8 Å². The fraction of sp³-hybridized carbons (Fsp3) is 0.308. The van der Waals surface area contributed by atoms with Crippen molar-refractivity contribution in [2.24, 2.45) is 0 Å². The predicted molar refractivity (Wildman–Crippen MR) is 81.2 cm³/mol. The highest BCUT2D eigenvalue weighted by molar-refractivity contribution is 7.94. The zero-order valence-electron chi connectivity index (χ0n) is 11.9. The summed E-state index contributed by atoms with van der Waals surface area (Å²) in [5, 5.41) is 10.4. The molecule has 0 unspecified atom stereocenters. The Hall–Kier alpha value is -1.80. The van der Waals surface area contributed by atoms with Gasteiger partial charge in [-0.15, -0.1) is 10.2 Å². The molecule has 1 N–H and O–H groups in total. The van der Waals surface area contributed by atoms with E-state index in [1.165, 1.54) is 0 Å². The Morgan fingerprint density at radius 2 is 1.76 bits per heavy atom. The first-order valence-electron chi connectivity index (χ1n) is 6.17. The topological polar surface area (TPSA) is 89.0 Å². The fourth-order valence-electron chi connectivity index (χ4n) is 1.88. The Morgan fingerprint density at radius 3 is 2.29 bits per heavy atom. The van der Waals surface area contributed by atoms with Gasteiger partial charge in [-0.2, -0.15) is 0 Å². The highest BCUT2D eigenvalue weighted by Crippen LogP contribution is 2.17. The molecule has 0 saturated heterocycles. The molecule has 6 nitrogen and oxygen atoms in total. The Labute approximate surface area is 127 Å². The van der Waals surface area contributed by atoms with Crippen LogP contribution in [0.25, 0.3) is 0 Å². The maximum absolute atomic E-state index is 12.0. The van der Waals surface area contributed by atoms with Crippen molar-refractivity contribution < 1.29 is 13.2 Å². The molecule has 0 radical (unpaired) electrons. The molecule has 0 aliphatic carbocycles. The standard InChI is InChI=1S/C13H15N3O3S2/c1-8-4-9(2)6-11(5-8)14-12(17)7-21(18,19)13-16-15-10(3)20-13/h4-6H,7H2,1-3H3,(H,14,17). The smallest absolute Gasteiger partial charge is 0.240 e. The lowest BCUT2D eigenvalue weighted by Crippen LogP contribution is -2.23. The van der Waals surface area contributed by atoms with E-state index >= 15 is 0 Å². The summed E-state index contributed by atoms with van der Waals surface area (Å²) < 4.78 is 23.9. The van der Waals surface area contributed by atoms with Crippen LogP contribution in [-0.2, 0) is 14.6 Å². The van der Waals surface area contributed by atoms with Gasteiger partial charge in [0.05, 0.1) is 0 Å². The first-order chi connectivity index (χ1) is 9.76. The number of aromatic nitrogens is 2. The molecule has 112 valence electrons. The number of carbonyl (C=O) groups excluding carboxylic acids is 1. The molecule has 21 heavy (non-hydrogen) atoms. The Bertz CT molecular complexity index is 761. The number of hydrogen-bond donors (Lipinski definition) is 1. The van der Waals surface area contributed by atoms with Crippen LogP contribution >= 0.6 is 11.3 Å². The van der Waals surface area contributed by atoms with Gasteiger partial charge >= 0.3 is 0 Å². The summed E-state index contributed by atoms with van der Waals surface area (Å²) in [5.74, 6) is -1.23. The Morgan fingerprint density at radius 1 is 1.14 bits per heavy atom. The largest absolute Gasteiger partial charge is 0.325 e. The average molecular weight is 325 g/mol. The number of nitrogens with zero attached hydrogens (tertiary/aromatic N) is 2. The predicted octanol–water partition coefficient (Wildman–Crippen LogP) is 1.88. The summed E-state index contributed by atoms with van der Waals surface area (Å²) in [6, 6.07) is 5.54. The molecule has 8 heteroatoms. The molecule has 0 spiro atoms. The van der Waals surface area contributed by atoms with Gasteiger partial charge < -0.3 is 5.32 Å². The van der Waals surface area contributed by atoms with E-state index in [-0.39, 0.29) is 4.34 Å². The van der Waals surface area contributed by atoms with E-state index in [4.69, 9.17) is 0 Å². The molecule has 0 saturated carbocycles. The second-order valence-corrected chi connectivity index (χ2v) is 8.12. The van der Waals surface area contributed by atoms with Crippen LogP contribution < -0.4 is 5.32 Å². The van der Waals surface area contributed by atoms with Crippen LogP contribution in [0.3, 0.4) is 0 Å². The Balaban J connectivity index is 2.11. The number of anilines is 1. The molecule has 0 fully saturated rings. The summed E-state index contributed by atoms with van der Waals surface area (Å²) in [4.78, 5) is 11.9. The number of nitrogens with one attached hydrogen (secondary N) is 1. The van der Waals surface area contributed by atoms with Crippen molar-refractivity contribution in [2.75, 3.05) is 11.1 Å². The van der Waals surface area contributed by atoms with Crippen molar-refractivity contribution in [3.8, 4) is 0 Å². The molecule has 0 bridgehead atoms. The minimum absolute atomic E-state index is 0.129.